The quantitative estimate of drug-likeness (QED) is 0.599. The Hall–Kier alpha value is -2.40. The summed E-state index contributed by atoms with van der Waals surface area (Å²) in [5.74, 6) is -1.50. The number of methoxy groups -OCH3 is 1. The van der Waals surface area contributed by atoms with Gasteiger partial charge in [-0.2, -0.15) is 4.98 Å². The molecule has 0 aliphatic carbocycles. The van der Waals surface area contributed by atoms with E-state index in [4.69, 9.17) is 19.9 Å². The molecule has 2 saturated heterocycles. The first-order valence-electron chi connectivity index (χ1n) is 9.04. The molecule has 10 heteroatoms. The van der Waals surface area contributed by atoms with Gasteiger partial charge in [0.05, 0.1) is 12.6 Å². The Morgan fingerprint density at radius 1 is 1.41 bits per heavy atom. The van der Waals surface area contributed by atoms with Crippen molar-refractivity contribution in [2.45, 2.75) is 35.9 Å². The number of hydrogen-bond donors (Lipinski definition) is 2. The van der Waals surface area contributed by atoms with Gasteiger partial charge in [-0.25, -0.2) is 4.79 Å². The van der Waals surface area contributed by atoms with Crippen molar-refractivity contribution in [2.75, 3.05) is 18.6 Å². The summed E-state index contributed by atoms with van der Waals surface area (Å²) in [6.07, 6.45) is 0.644. The van der Waals surface area contributed by atoms with E-state index in [0.717, 1.165) is 0 Å². The summed E-state index contributed by atoms with van der Waals surface area (Å²) in [4.78, 5) is 27.5. The lowest BCUT2D eigenvalue weighted by molar-refractivity contribution is -0.250. The van der Waals surface area contributed by atoms with E-state index in [1.54, 1.807) is 12.1 Å². The summed E-state index contributed by atoms with van der Waals surface area (Å²) in [5.41, 5.74) is 5.75. The summed E-state index contributed by atoms with van der Waals surface area (Å²) in [7, 11) is 1.49. The lowest BCUT2D eigenvalue weighted by Gasteiger charge is -2.30. The number of hydrogen-bond acceptors (Lipinski definition) is 8. The third kappa shape index (κ3) is 3.88. The van der Waals surface area contributed by atoms with Crippen LogP contribution in [-0.4, -0.2) is 57.6 Å². The average molecular weight is 419 g/mol. The van der Waals surface area contributed by atoms with Crippen LogP contribution in [-0.2, 0) is 25.5 Å². The molecule has 3 N–H and O–H groups in total. The molecule has 0 radical (unpaired) electrons. The van der Waals surface area contributed by atoms with Crippen LogP contribution < -0.4 is 11.4 Å². The molecule has 0 spiro atoms. The van der Waals surface area contributed by atoms with Gasteiger partial charge in [0.1, 0.15) is 23.3 Å². The van der Waals surface area contributed by atoms with Gasteiger partial charge in [-0.15, -0.1) is 11.8 Å². The number of carboxylic acid groups (broad SMARTS) is 1. The number of nitrogens with two attached hydrogens (primary N) is 1. The minimum atomic E-state index is -1.14. The Kier molecular flexibility index (Phi) is 5.34. The Balaban J connectivity index is 1.46. The SMILES string of the molecule is CO[C@@]1(Cn2ccc(N)nc2=O)O[C@H](CSC(C(=O)O)c2ccccc2)[C@@H]2O[C@@H]21. The van der Waals surface area contributed by atoms with E-state index in [1.807, 2.05) is 18.2 Å². The minimum absolute atomic E-state index is 0.0962. The highest BCUT2D eigenvalue weighted by Gasteiger charge is 2.67. The topological polar surface area (TPSA) is 129 Å². The van der Waals surface area contributed by atoms with Crippen molar-refractivity contribution in [3.8, 4) is 0 Å². The largest absolute Gasteiger partial charge is 0.480 e. The number of fused-ring (bicyclic) bond motifs is 1. The molecule has 9 nitrogen and oxygen atoms in total. The average Bonchev–Trinajstić information content (AvgIpc) is 3.45. The molecule has 1 aromatic carbocycles. The molecule has 0 amide bonds. The van der Waals surface area contributed by atoms with Crippen molar-refractivity contribution >= 4 is 23.5 Å². The number of nitrogen functional groups attached to an aromatic ring is 1. The molecule has 2 fully saturated rings. The first-order chi connectivity index (χ1) is 13.9. The zero-order valence-corrected chi connectivity index (χ0v) is 16.5. The zero-order valence-electron chi connectivity index (χ0n) is 15.6. The van der Waals surface area contributed by atoms with E-state index < -0.39 is 22.7 Å². The van der Waals surface area contributed by atoms with Crippen LogP contribution in [0, 0.1) is 0 Å². The second-order valence-electron chi connectivity index (χ2n) is 6.92. The second-order valence-corrected chi connectivity index (χ2v) is 8.06. The molecular weight excluding hydrogens is 398 g/mol. The van der Waals surface area contributed by atoms with Crippen LogP contribution in [0.4, 0.5) is 5.82 Å². The van der Waals surface area contributed by atoms with E-state index in [1.165, 1.54) is 35.7 Å². The molecule has 1 aromatic heterocycles. The second kappa shape index (κ2) is 7.79. The van der Waals surface area contributed by atoms with Crippen LogP contribution in [0.25, 0.3) is 0 Å². The third-order valence-corrected chi connectivity index (χ3v) is 6.39. The Bertz CT molecular complexity index is 954. The number of aromatic nitrogens is 2. The van der Waals surface area contributed by atoms with Gasteiger partial charge in [0.25, 0.3) is 0 Å². The fraction of sp³-hybridized carbons (Fsp3) is 0.421. The standard InChI is InChI=1S/C19H21N3O6S/c1-26-19(10-22-8-7-13(20)21-18(22)25)16-14(27-16)12(28-19)9-29-15(17(23)24)11-5-3-2-4-6-11/h2-8,12,14-16H,9-10H2,1H3,(H,23,24)(H2,20,21,25)/t12-,14+,15?,16+,19+/m1/s1. The van der Waals surface area contributed by atoms with E-state index in [2.05, 4.69) is 4.98 Å². The fourth-order valence-corrected chi connectivity index (χ4v) is 4.70. The number of ether oxygens (including phenoxy) is 3. The summed E-state index contributed by atoms with van der Waals surface area (Å²) in [6.45, 7) is 0.0962. The lowest BCUT2D eigenvalue weighted by atomic mass is 10.1. The van der Waals surface area contributed by atoms with Crippen molar-refractivity contribution in [3.63, 3.8) is 0 Å². The van der Waals surface area contributed by atoms with Crippen LogP contribution in [0.2, 0.25) is 0 Å². The summed E-state index contributed by atoms with van der Waals surface area (Å²) < 4.78 is 18.8. The highest BCUT2D eigenvalue weighted by molar-refractivity contribution is 8.00. The molecule has 3 heterocycles. The fourth-order valence-electron chi connectivity index (χ4n) is 3.56. The van der Waals surface area contributed by atoms with E-state index in [0.29, 0.717) is 11.3 Å². The molecule has 0 bridgehead atoms. The number of aliphatic carboxylic acids is 1. The van der Waals surface area contributed by atoms with Gasteiger partial charge in [-0.05, 0) is 11.6 Å². The van der Waals surface area contributed by atoms with E-state index in [9.17, 15) is 14.7 Å². The molecule has 5 atom stereocenters. The molecule has 2 aromatic rings. The molecule has 154 valence electrons. The van der Waals surface area contributed by atoms with E-state index in [-0.39, 0.29) is 30.7 Å². The first kappa shape index (κ1) is 19.9. The molecule has 29 heavy (non-hydrogen) atoms. The molecule has 2 aliphatic heterocycles. The highest BCUT2D eigenvalue weighted by Crippen LogP contribution is 2.49. The van der Waals surface area contributed by atoms with Gasteiger partial charge >= 0.3 is 11.7 Å². The van der Waals surface area contributed by atoms with Gasteiger partial charge in [-0.3, -0.25) is 9.36 Å². The van der Waals surface area contributed by atoms with Gasteiger partial charge in [0, 0.05) is 19.1 Å². The van der Waals surface area contributed by atoms with Crippen molar-refractivity contribution in [1.82, 2.24) is 9.55 Å². The Morgan fingerprint density at radius 2 is 2.17 bits per heavy atom. The number of rotatable bonds is 8. The highest BCUT2D eigenvalue weighted by atomic mass is 32.2. The number of carboxylic acids is 1. The van der Waals surface area contributed by atoms with Crippen molar-refractivity contribution in [1.29, 1.82) is 0 Å². The van der Waals surface area contributed by atoms with Gasteiger partial charge < -0.3 is 25.1 Å². The Morgan fingerprint density at radius 3 is 2.83 bits per heavy atom. The number of benzene rings is 1. The van der Waals surface area contributed by atoms with Gasteiger partial charge in [0.2, 0.25) is 5.79 Å². The minimum Gasteiger partial charge on any atom is -0.480 e. The van der Waals surface area contributed by atoms with E-state index >= 15 is 0 Å². The number of thioether (sulfide) groups is 1. The van der Waals surface area contributed by atoms with Crippen LogP contribution >= 0.6 is 11.8 Å². The lowest BCUT2D eigenvalue weighted by Crippen LogP contribution is -2.46. The summed E-state index contributed by atoms with van der Waals surface area (Å²) in [5, 5.41) is 8.89. The molecule has 0 saturated carbocycles. The maximum atomic E-state index is 12.1. The van der Waals surface area contributed by atoms with Crippen LogP contribution in [0.15, 0.2) is 47.4 Å². The predicted molar refractivity (Wildman–Crippen MR) is 105 cm³/mol. The smallest absolute Gasteiger partial charge is 0.349 e. The monoisotopic (exact) mass is 419 g/mol. The predicted octanol–water partition coefficient (Wildman–Crippen LogP) is 0.893. The number of nitrogens with zero attached hydrogens (tertiary/aromatic N) is 2. The number of epoxide rings is 1. The molecule has 4 rings (SSSR count). The van der Waals surface area contributed by atoms with Crippen LogP contribution in [0.1, 0.15) is 10.8 Å². The zero-order chi connectivity index (χ0) is 20.6. The van der Waals surface area contributed by atoms with Crippen LogP contribution in [0.3, 0.4) is 0 Å². The van der Waals surface area contributed by atoms with Gasteiger partial charge in [-0.1, -0.05) is 30.3 Å². The number of anilines is 1. The summed E-state index contributed by atoms with van der Waals surface area (Å²) >= 11 is 1.28. The number of carbonyl (C=O) groups is 1. The van der Waals surface area contributed by atoms with Crippen molar-refractivity contribution in [2.24, 2.45) is 0 Å². The third-order valence-electron chi connectivity index (χ3n) is 5.06. The molecule has 2 aliphatic rings. The van der Waals surface area contributed by atoms with Crippen molar-refractivity contribution in [3.05, 3.63) is 58.6 Å². The maximum absolute atomic E-state index is 12.1. The molecule has 1 unspecified atom stereocenters. The summed E-state index contributed by atoms with van der Waals surface area (Å²) in [6, 6.07) is 10.6. The van der Waals surface area contributed by atoms with Crippen molar-refractivity contribution < 1.29 is 24.1 Å². The maximum Gasteiger partial charge on any atom is 0.349 e. The van der Waals surface area contributed by atoms with Gasteiger partial charge in [0.15, 0.2) is 0 Å². The Labute approximate surface area is 170 Å². The first-order valence-corrected chi connectivity index (χ1v) is 10.1. The molecular formula is C19H21N3O6S. The normalized spacial score (nSPS) is 28.7. The van der Waals surface area contributed by atoms with Crippen LogP contribution in [0.5, 0.6) is 0 Å².